The molecule has 0 bridgehead atoms. The van der Waals surface area contributed by atoms with E-state index in [-0.39, 0.29) is 0 Å². The van der Waals surface area contributed by atoms with Crippen LogP contribution >= 0.6 is 0 Å². The summed E-state index contributed by atoms with van der Waals surface area (Å²) in [5.41, 5.74) is 12.7. The highest BCUT2D eigenvalue weighted by atomic mass is 15.2. The van der Waals surface area contributed by atoms with Crippen molar-refractivity contribution in [1.29, 1.82) is 0 Å². The number of aromatic nitrogens is 2. The Bertz CT molecular complexity index is 3190. The van der Waals surface area contributed by atoms with E-state index in [1.54, 1.807) is 0 Å². The largest absolute Gasteiger partial charge is 0.309 e. The number of fused-ring (bicyclic) bond motifs is 7. The summed E-state index contributed by atoms with van der Waals surface area (Å²) in [5, 5.41) is 7.37. The van der Waals surface area contributed by atoms with Crippen molar-refractivity contribution in [3.8, 4) is 22.5 Å². The fourth-order valence-corrected chi connectivity index (χ4v) is 8.58. The molecule has 3 heteroatoms. The van der Waals surface area contributed by atoms with E-state index in [0.29, 0.717) is 0 Å². The molecule has 0 aliphatic heterocycles. The minimum Gasteiger partial charge on any atom is -0.309 e. The van der Waals surface area contributed by atoms with Gasteiger partial charge in [0.15, 0.2) is 0 Å². The van der Waals surface area contributed by atoms with Gasteiger partial charge in [0, 0.05) is 44.3 Å². The first-order valence-electron chi connectivity index (χ1n) is 18.9. The third-order valence-corrected chi connectivity index (χ3v) is 11.1. The number of para-hydroxylation sites is 4. The van der Waals surface area contributed by atoms with Gasteiger partial charge < -0.3 is 14.0 Å². The van der Waals surface area contributed by atoms with Crippen molar-refractivity contribution in [2.45, 2.75) is 0 Å². The molecule has 0 saturated carbocycles. The minimum atomic E-state index is 1.09. The predicted molar refractivity (Wildman–Crippen MR) is 233 cm³/mol. The van der Waals surface area contributed by atoms with Crippen molar-refractivity contribution in [3.05, 3.63) is 212 Å². The maximum absolute atomic E-state index is 2.45. The number of nitrogens with zero attached hydrogens (tertiary/aromatic N) is 3. The molecular formula is C52H35N3. The average Bonchev–Trinajstić information content (AvgIpc) is 3.78. The van der Waals surface area contributed by atoms with E-state index in [1.807, 2.05) is 0 Å². The van der Waals surface area contributed by atoms with Crippen molar-refractivity contribution in [3.63, 3.8) is 0 Å². The first-order valence-corrected chi connectivity index (χ1v) is 18.9. The molecule has 55 heavy (non-hydrogen) atoms. The topological polar surface area (TPSA) is 13.1 Å². The van der Waals surface area contributed by atoms with Crippen LogP contribution in [0.5, 0.6) is 0 Å². The highest BCUT2D eigenvalue weighted by Crippen LogP contribution is 2.45. The molecule has 0 saturated heterocycles. The lowest BCUT2D eigenvalue weighted by Crippen LogP contribution is -2.11. The van der Waals surface area contributed by atoms with Crippen LogP contribution in [-0.2, 0) is 0 Å². The van der Waals surface area contributed by atoms with Crippen LogP contribution in [-0.4, -0.2) is 9.13 Å². The molecule has 11 rings (SSSR count). The first-order chi connectivity index (χ1) is 27.3. The van der Waals surface area contributed by atoms with Gasteiger partial charge in [0.05, 0.1) is 27.8 Å². The third kappa shape index (κ3) is 5.05. The first kappa shape index (κ1) is 31.2. The molecule has 258 valence electrons. The molecule has 2 heterocycles. The van der Waals surface area contributed by atoms with E-state index < -0.39 is 0 Å². The lowest BCUT2D eigenvalue weighted by Gasteiger charge is -2.27. The smallest absolute Gasteiger partial charge is 0.0782 e. The van der Waals surface area contributed by atoms with E-state index in [4.69, 9.17) is 0 Å². The van der Waals surface area contributed by atoms with Crippen LogP contribution < -0.4 is 4.90 Å². The monoisotopic (exact) mass is 701 g/mol. The molecule has 2 aromatic heterocycles. The van der Waals surface area contributed by atoms with Gasteiger partial charge in [0.1, 0.15) is 0 Å². The van der Waals surface area contributed by atoms with Crippen molar-refractivity contribution in [1.82, 2.24) is 9.13 Å². The standard InChI is InChI=1S/C52H35N3/c1-3-14-36(15-4-1)38-26-29-41(30-27-38)54-48-23-11-9-20-44(48)46-33-32-43(35-51(46)54)53(40-18-5-2-6-19-40)50-25-13-22-47-45-21-10-12-24-49(45)55(52(47)50)42-31-28-37-16-7-8-17-39(37)34-42/h1-35H. The highest BCUT2D eigenvalue weighted by Gasteiger charge is 2.23. The second-order valence-electron chi connectivity index (χ2n) is 14.2. The Kier molecular flexibility index (Phi) is 7.17. The Morgan fingerprint density at radius 3 is 1.67 bits per heavy atom. The summed E-state index contributed by atoms with van der Waals surface area (Å²) in [6.45, 7) is 0. The second-order valence-corrected chi connectivity index (χ2v) is 14.2. The van der Waals surface area contributed by atoms with Crippen LogP contribution in [0, 0.1) is 0 Å². The van der Waals surface area contributed by atoms with Crippen LogP contribution in [0.2, 0.25) is 0 Å². The van der Waals surface area contributed by atoms with Crippen molar-refractivity contribution >= 4 is 71.4 Å². The van der Waals surface area contributed by atoms with Crippen LogP contribution in [0.4, 0.5) is 17.1 Å². The zero-order chi connectivity index (χ0) is 36.3. The highest BCUT2D eigenvalue weighted by molar-refractivity contribution is 6.15. The Balaban J connectivity index is 1.17. The lowest BCUT2D eigenvalue weighted by molar-refractivity contribution is 1.17. The molecule has 0 fully saturated rings. The molecule has 0 atom stereocenters. The third-order valence-electron chi connectivity index (χ3n) is 11.1. The second kappa shape index (κ2) is 12.6. The normalized spacial score (nSPS) is 11.6. The van der Waals surface area contributed by atoms with E-state index >= 15 is 0 Å². The van der Waals surface area contributed by atoms with Gasteiger partial charge in [0.2, 0.25) is 0 Å². The minimum absolute atomic E-state index is 1.09. The average molecular weight is 702 g/mol. The SMILES string of the molecule is c1ccc(-c2ccc(-n3c4ccccc4c4ccc(N(c5ccccc5)c5cccc6c7ccccc7n(-c7ccc8ccccc8c7)c56)cc43)cc2)cc1. The van der Waals surface area contributed by atoms with E-state index in [2.05, 4.69) is 226 Å². The molecule has 0 radical (unpaired) electrons. The summed E-state index contributed by atoms with van der Waals surface area (Å²) in [6, 6.07) is 77.0. The van der Waals surface area contributed by atoms with Crippen LogP contribution in [0.25, 0.3) is 76.9 Å². The van der Waals surface area contributed by atoms with Gasteiger partial charge in [-0.05, 0) is 88.6 Å². The van der Waals surface area contributed by atoms with Crippen molar-refractivity contribution in [2.75, 3.05) is 4.90 Å². The number of benzene rings is 9. The van der Waals surface area contributed by atoms with Gasteiger partial charge in [-0.1, -0.05) is 146 Å². The quantitative estimate of drug-likeness (QED) is 0.168. The maximum atomic E-state index is 2.45. The predicted octanol–water partition coefficient (Wildman–Crippen LogP) is 14.2. The Labute approximate surface area is 319 Å². The van der Waals surface area contributed by atoms with Gasteiger partial charge in [-0.2, -0.15) is 0 Å². The zero-order valence-corrected chi connectivity index (χ0v) is 30.0. The van der Waals surface area contributed by atoms with Gasteiger partial charge in [0.25, 0.3) is 0 Å². The summed E-state index contributed by atoms with van der Waals surface area (Å²) in [6.07, 6.45) is 0. The summed E-state index contributed by atoms with van der Waals surface area (Å²) in [7, 11) is 0. The Morgan fingerprint density at radius 2 is 0.891 bits per heavy atom. The number of hydrogen-bond donors (Lipinski definition) is 0. The molecule has 3 nitrogen and oxygen atoms in total. The van der Waals surface area contributed by atoms with Crippen LogP contribution in [0.15, 0.2) is 212 Å². The molecule has 0 spiro atoms. The molecular weight excluding hydrogens is 667 g/mol. The van der Waals surface area contributed by atoms with Crippen LogP contribution in [0.1, 0.15) is 0 Å². The fourth-order valence-electron chi connectivity index (χ4n) is 8.58. The summed E-state index contributed by atoms with van der Waals surface area (Å²) in [4.78, 5) is 2.43. The van der Waals surface area contributed by atoms with E-state index in [1.165, 1.54) is 60.0 Å². The van der Waals surface area contributed by atoms with E-state index in [0.717, 1.165) is 34.0 Å². The van der Waals surface area contributed by atoms with Gasteiger partial charge >= 0.3 is 0 Å². The molecule has 0 amide bonds. The number of rotatable bonds is 6. The summed E-state index contributed by atoms with van der Waals surface area (Å²) < 4.78 is 4.87. The zero-order valence-electron chi connectivity index (χ0n) is 30.0. The summed E-state index contributed by atoms with van der Waals surface area (Å²) in [5.74, 6) is 0. The molecule has 0 N–H and O–H groups in total. The van der Waals surface area contributed by atoms with Gasteiger partial charge in [-0.15, -0.1) is 0 Å². The van der Waals surface area contributed by atoms with Crippen LogP contribution in [0.3, 0.4) is 0 Å². The molecule has 9 aromatic carbocycles. The number of anilines is 3. The number of hydrogen-bond acceptors (Lipinski definition) is 1. The Morgan fingerprint density at radius 1 is 0.309 bits per heavy atom. The summed E-state index contributed by atoms with van der Waals surface area (Å²) >= 11 is 0. The van der Waals surface area contributed by atoms with Gasteiger partial charge in [-0.3, -0.25) is 0 Å². The van der Waals surface area contributed by atoms with Crippen molar-refractivity contribution in [2.24, 2.45) is 0 Å². The van der Waals surface area contributed by atoms with Gasteiger partial charge in [-0.25, -0.2) is 0 Å². The molecule has 0 aliphatic carbocycles. The van der Waals surface area contributed by atoms with Crippen molar-refractivity contribution < 1.29 is 0 Å². The Hall–Kier alpha value is -7.36. The maximum Gasteiger partial charge on any atom is 0.0782 e. The van der Waals surface area contributed by atoms with E-state index in [9.17, 15) is 0 Å². The fraction of sp³-hybridized carbons (Fsp3) is 0. The molecule has 0 unspecified atom stereocenters. The molecule has 11 aromatic rings. The molecule has 0 aliphatic rings. The lowest BCUT2D eigenvalue weighted by atomic mass is 10.1.